The molecular weight excluding hydrogens is 322 g/mol. The number of piperazine rings is 1. The molecule has 0 N–H and O–H groups in total. The number of hydrogen-bond acceptors (Lipinski definition) is 5. The molecule has 24 heavy (non-hydrogen) atoms. The number of nitrogens with zero attached hydrogens (tertiary/aromatic N) is 3. The minimum absolute atomic E-state index is 0.175. The maximum atomic E-state index is 12.5. The Hall–Kier alpha value is -2.08. The van der Waals surface area contributed by atoms with E-state index in [1.165, 1.54) is 4.88 Å². The Kier molecular flexibility index (Phi) is 5.04. The molecule has 6 heteroatoms. The number of benzene rings is 1. The van der Waals surface area contributed by atoms with Gasteiger partial charge in [0.1, 0.15) is 5.75 Å². The van der Waals surface area contributed by atoms with Gasteiger partial charge in [0.15, 0.2) is 5.13 Å². The van der Waals surface area contributed by atoms with Crippen LogP contribution in [-0.2, 0) is 11.2 Å². The van der Waals surface area contributed by atoms with Crippen LogP contribution < -0.4 is 9.64 Å². The lowest BCUT2D eigenvalue weighted by atomic mass is 10.1. The number of amides is 1. The van der Waals surface area contributed by atoms with E-state index in [9.17, 15) is 4.79 Å². The molecule has 2 heterocycles. The Morgan fingerprint density at radius 3 is 2.62 bits per heavy atom. The molecule has 1 aliphatic rings. The third kappa shape index (κ3) is 3.70. The molecule has 128 valence electrons. The second kappa shape index (κ2) is 7.21. The molecule has 0 aliphatic carbocycles. The number of carbonyl (C=O) groups excluding carboxylic acids is 1. The van der Waals surface area contributed by atoms with Crippen LogP contribution in [0.1, 0.15) is 16.1 Å². The van der Waals surface area contributed by atoms with Gasteiger partial charge in [0.25, 0.3) is 0 Å². The van der Waals surface area contributed by atoms with Crippen molar-refractivity contribution >= 4 is 22.4 Å². The maximum Gasteiger partial charge on any atom is 0.227 e. The quantitative estimate of drug-likeness (QED) is 0.855. The van der Waals surface area contributed by atoms with E-state index in [0.29, 0.717) is 6.42 Å². The van der Waals surface area contributed by atoms with E-state index in [4.69, 9.17) is 4.74 Å². The minimum Gasteiger partial charge on any atom is -0.497 e. The number of hydrogen-bond donors (Lipinski definition) is 0. The standard InChI is InChI=1S/C18H23N3O2S/c1-13-14(2)24-18(19-13)21-9-7-20(8-10-21)17(22)12-15-5-4-6-16(11-15)23-3/h4-6,11H,7-10,12H2,1-3H3. The van der Waals surface area contributed by atoms with E-state index in [1.807, 2.05) is 36.1 Å². The third-order valence-corrected chi connectivity index (χ3v) is 5.54. The topological polar surface area (TPSA) is 45.7 Å². The predicted octanol–water partition coefficient (Wildman–Crippen LogP) is 2.66. The van der Waals surface area contributed by atoms with Crippen LogP contribution in [0.5, 0.6) is 5.75 Å². The number of aryl methyl sites for hydroxylation is 2. The first-order chi connectivity index (χ1) is 11.6. The van der Waals surface area contributed by atoms with Gasteiger partial charge in [-0.1, -0.05) is 12.1 Å². The number of anilines is 1. The highest BCUT2D eigenvalue weighted by atomic mass is 32.1. The molecule has 0 saturated carbocycles. The van der Waals surface area contributed by atoms with Crippen LogP contribution >= 0.6 is 11.3 Å². The first-order valence-electron chi connectivity index (χ1n) is 8.16. The molecule has 0 radical (unpaired) electrons. The highest BCUT2D eigenvalue weighted by molar-refractivity contribution is 7.15. The van der Waals surface area contributed by atoms with Gasteiger partial charge in [-0.2, -0.15) is 0 Å². The third-order valence-electron chi connectivity index (χ3n) is 4.41. The van der Waals surface area contributed by atoms with E-state index in [0.717, 1.165) is 48.3 Å². The van der Waals surface area contributed by atoms with E-state index in [2.05, 4.69) is 16.8 Å². The van der Waals surface area contributed by atoms with E-state index in [-0.39, 0.29) is 5.91 Å². The second-order valence-corrected chi connectivity index (χ2v) is 7.22. The van der Waals surface area contributed by atoms with Crippen molar-refractivity contribution in [2.75, 3.05) is 38.2 Å². The van der Waals surface area contributed by atoms with Crippen LogP contribution in [0.25, 0.3) is 0 Å². The fourth-order valence-electron chi connectivity index (χ4n) is 2.81. The smallest absolute Gasteiger partial charge is 0.227 e. The molecule has 1 amide bonds. The number of rotatable bonds is 4. The van der Waals surface area contributed by atoms with Gasteiger partial charge >= 0.3 is 0 Å². The van der Waals surface area contributed by atoms with Crippen molar-refractivity contribution in [3.05, 3.63) is 40.4 Å². The fraction of sp³-hybridized carbons (Fsp3) is 0.444. The molecule has 0 bridgehead atoms. The van der Waals surface area contributed by atoms with Gasteiger partial charge in [0.05, 0.1) is 19.2 Å². The van der Waals surface area contributed by atoms with Crippen molar-refractivity contribution < 1.29 is 9.53 Å². The normalized spacial score (nSPS) is 14.8. The van der Waals surface area contributed by atoms with Crippen molar-refractivity contribution in [3.63, 3.8) is 0 Å². The van der Waals surface area contributed by atoms with Crippen LogP contribution in [0.15, 0.2) is 24.3 Å². The molecule has 5 nitrogen and oxygen atoms in total. The Balaban J connectivity index is 1.56. The Labute approximate surface area is 146 Å². The van der Waals surface area contributed by atoms with E-state index in [1.54, 1.807) is 18.4 Å². The number of aromatic nitrogens is 1. The van der Waals surface area contributed by atoms with Gasteiger partial charge in [-0.3, -0.25) is 4.79 Å². The van der Waals surface area contributed by atoms with Crippen LogP contribution in [-0.4, -0.2) is 49.1 Å². The van der Waals surface area contributed by atoms with Crippen LogP contribution in [0.3, 0.4) is 0 Å². The summed E-state index contributed by atoms with van der Waals surface area (Å²) in [7, 11) is 1.64. The molecule has 1 aromatic heterocycles. The summed E-state index contributed by atoms with van der Waals surface area (Å²) in [5.41, 5.74) is 2.10. The highest BCUT2D eigenvalue weighted by Gasteiger charge is 2.23. The molecule has 1 aromatic carbocycles. The number of carbonyl (C=O) groups is 1. The zero-order valence-corrected chi connectivity index (χ0v) is 15.2. The molecule has 0 unspecified atom stereocenters. The van der Waals surface area contributed by atoms with Gasteiger partial charge in [-0.15, -0.1) is 11.3 Å². The van der Waals surface area contributed by atoms with Gasteiger partial charge < -0.3 is 14.5 Å². The maximum absolute atomic E-state index is 12.5. The predicted molar refractivity (Wildman–Crippen MR) is 97.1 cm³/mol. The molecule has 2 aromatic rings. The first kappa shape index (κ1) is 16.8. The first-order valence-corrected chi connectivity index (χ1v) is 8.98. The van der Waals surface area contributed by atoms with E-state index >= 15 is 0 Å². The van der Waals surface area contributed by atoms with E-state index < -0.39 is 0 Å². The largest absolute Gasteiger partial charge is 0.497 e. The van der Waals surface area contributed by atoms with Crippen LogP contribution in [0.4, 0.5) is 5.13 Å². The van der Waals surface area contributed by atoms with Crippen molar-refractivity contribution in [2.24, 2.45) is 0 Å². The Morgan fingerprint density at radius 2 is 2.00 bits per heavy atom. The number of thiazole rings is 1. The Bertz CT molecular complexity index is 701. The summed E-state index contributed by atoms with van der Waals surface area (Å²) in [5, 5.41) is 1.07. The lowest BCUT2D eigenvalue weighted by molar-refractivity contribution is -0.130. The average Bonchev–Trinajstić information content (AvgIpc) is 2.94. The highest BCUT2D eigenvalue weighted by Crippen LogP contribution is 2.26. The molecular formula is C18H23N3O2S. The average molecular weight is 345 g/mol. The van der Waals surface area contributed by atoms with Crippen molar-refractivity contribution in [1.82, 2.24) is 9.88 Å². The minimum atomic E-state index is 0.175. The van der Waals surface area contributed by atoms with Gasteiger partial charge in [-0.25, -0.2) is 4.98 Å². The monoisotopic (exact) mass is 345 g/mol. The summed E-state index contributed by atoms with van der Waals surface area (Å²) in [6.07, 6.45) is 0.423. The van der Waals surface area contributed by atoms with Gasteiger partial charge in [0, 0.05) is 31.1 Å². The lowest BCUT2D eigenvalue weighted by Gasteiger charge is -2.34. The van der Waals surface area contributed by atoms with Crippen molar-refractivity contribution in [2.45, 2.75) is 20.3 Å². The summed E-state index contributed by atoms with van der Waals surface area (Å²) in [6, 6.07) is 7.71. The summed E-state index contributed by atoms with van der Waals surface area (Å²) >= 11 is 1.73. The van der Waals surface area contributed by atoms with Crippen LogP contribution in [0.2, 0.25) is 0 Å². The Morgan fingerprint density at radius 1 is 1.25 bits per heavy atom. The molecule has 1 fully saturated rings. The molecule has 0 spiro atoms. The zero-order chi connectivity index (χ0) is 17.1. The molecule has 3 rings (SSSR count). The van der Waals surface area contributed by atoms with Crippen LogP contribution in [0, 0.1) is 13.8 Å². The molecule has 1 saturated heterocycles. The zero-order valence-electron chi connectivity index (χ0n) is 14.4. The lowest BCUT2D eigenvalue weighted by Crippen LogP contribution is -2.49. The van der Waals surface area contributed by atoms with Gasteiger partial charge in [-0.05, 0) is 31.5 Å². The molecule has 1 aliphatic heterocycles. The number of methoxy groups -OCH3 is 1. The second-order valence-electron chi connectivity index (χ2n) is 6.03. The number of ether oxygens (including phenoxy) is 1. The summed E-state index contributed by atoms with van der Waals surface area (Å²) in [6.45, 7) is 7.33. The summed E-state index contributed by atoms with van der Waals surface area (Å²) in [5.74, 6) is 0.967. The summed E-state index contributed by atoms with van der Waals surface area (Å²) < 4.78 is 5.22. The van der Waals surface area contributed by atoms with Gasteiger partial charge in [0.2, 0.25) is 5.91 Å². The summed E-state index contributed by atoms with van der Waals surface area (Å²) in [4.78, 5) is 22.6. The SMILES string of the molecule is COc1cccc(CC(=O)N2CCN(c3nc(C)c(C)s3)CC2)c1. The molecule has 0 atom stereocenters. The van der Waals surface area contributed by atoms with Crippen molar-refractivity contribution in [1.29, 1.82) is 0 Å². The van der Waals surface area contributed by atoms with Crippen molar-refractivity contribution in [3.8, 4) is 5.75 Å². The fourth-order valence-corrected chi connectivity index (χ4v) is 3.77.